The van der Waals surface area contributed by atoms with E-state index < -0.39 is 0 Å². The second kappa shape index (κ2) is 8.23. The van der Waals surface area contributed by atoms with Crippen molar-refractivity contribution in [2.45, 2.75) is 47.0 Å². The first-order valence-corrected chi connectivity index (χ1v) is 8.88. The average molecular weight is 326 g/mol. The first-order valence-electron chi connectivity index (χ1n) is 8.88. The smallest absolute Gasteiger partial charge is 0.119 e. The lowest BCUT2D eigenvalue weighted by Gasteiger charge is -2.27. The standard InChI is InChI=1S/C22H30O2/c1-6-23-19-12-8-17(9-13-19)21(16-22(3,4)5)18-10-14-20(15-11-18)24-7-2/h8-15,21H,6-7,16H2,1-5H3. The van der Waals surface area contributed by atoms with E-state index in [0.717, 1.165) is 17.9 Å². The van der Waals surface area contributed by atoms with E-state index in [2.05, 4.69) is 69.3 Å². The van der Waals surface area contributed by atoms with Gasteiger partial charge in [0.2, 0.25) is 0 Å². The van der Waals surface area contributed by atoms with Crippen molar-refractivity contribution in [2.75, 3.05) is 13.2 Å². The van der Waals surface area contributed by atoms with Crippen molar-refractivity contribution in [2.24, 2.45) is 5.41 Å². The van der Waals surface area contributed by atoms with E-state index in [-0.39, 0.29) is 5.41 Å². The van der Waals surface area contributed by atoms with E-state index in [1.165, 1.54) is 11.1 Å². The molecule has 24 heavy (non-hydrogen) atoms. The Hall–Kier alpha value is -1.96. The Bertz CT molecular complexity index is 556. The minimum Gasteiger partial charge on any atom is -0.494 e. The second-order valence-corrected chi connectivity index (χ2v) is 7.32. The van der Waals surface area contributed by atoms with E-state index in [4.69, 9.17) is 9.47 Å². The first kappa shape index (κ1) is 18.4. The van der Waals surface area contributed by atoms with E-state index in [0.29, 0.717) is 19.1 Å². The van der Waals surface area contributed by atoms with Crippen LogP contribution in [0, 0.1) is 5.41 Å². The Morgan fingerprint density at radius 1 is 0.708 bits per heavy atom. The first-order chi connectivity index (χ1) is 11.4. The molecule has 0 radical (unpaired) electrons. The van der Waals surface area contributed by atoms with E-state index in [1.54, 1.807) is 0 Å². The van der Waals surface area contributed by atoms with Crippen molar-refractivity contribution < 1.29 is 9.47 Å². The van der Waals surface area contributed by atoms with E-state index >= 15 is 0 Å². The molecule has 0 spiro atoms. The molecule has 2 aromatic carbocycles. The SMILES string of the molecule is CCOc1ccc(C(CC(C)(C)C)c2ccc(OCC)cc2)cc1. The fourth-order valence-corrected chi connectivity index (χ4v) is 2.97. The van der Waals surface area contributed by atoms with E-state index in [9.17, 15) is 0 Å². The predicted octanol–water partition coefficient (Wildman–Crippen LogP) is 6.05. The van der Waals surface area contributed by atoms with Gasteiger partial charge in [0.05, 0.1) is 13.2 Å². The fraction of sp³-hybridized carbons (Fsp3) is 0.455. The maximum atomic E-state index is 5.57. The van der Waals surface area contributed by atoms with Crippen LogP contribution in [0.3, 0.4) is 0 Å². The summed E-state index contributed by atoms with van der Waals surface area (Å²) in [4.78, 5) is 0. The van der Waals surface area contributed by atoms with E-state index in [1.807, 2.05) is 13.8 Å². The van der Waals surface area contributed by atoms with Crippen molar-refractivity contribution in [3.63, 3.8) is 0 Å². The largest absolute Gasteiger partial charge is 0.494 e. The molecule has 0 aliphatic rings. The second-order valence-electron chi connectivity index (χ2n) is 7.32. The summed E-state index contributed by atoms with van der Waals surface area (Å²) >= 11 is 0. The van der Waals surface area contributed by atoms with Gasteiger partial charge in [0.15, 0.2) is 0 Å². The van der Waals surface area contributed by atoms with Crippen LogP contribution in [0.1, 0.15) is 58.1 Å². The monoisotopic (exact) mass is 326 g/mol. The Labute approximate surface area is 146 Å². The van der Waals surface area contributed by atoms with Gasteiger partial charge in [-0.3, -0.25) is 0 Å². The summed E-state index contributed by atoms with van der Waals surface area (Å²) in [6, 6.07) is 17.1. The molecule has 0 heterocycles. The van der Waals surface area contributed by atoms with Crippen LogP contribution < -0.4 is 9.47 Å². The highest BCUT2D eigenvalue weighted by atomic mass is 16.5. The molecule has 0 aromatic heterocycles. The molecule has 0 saturated heterocycles. The Kier molecular flexibility index (Phi) is 6.30. The highest BCUT2D eigenvalue weighted by Gasteiger charge is 2.22. The van der Waals surface area contributed by atoms with Crippen molar-refractivity contribution >= 4 is 0 Å². The Morgan fingerprint density at radius 3 is 1.38 bits per heavy atom. The topological polar surface area (TPSA) is 18.5 Å². The summed E-state index contributed by atoms with van der Waals surface area (Å²) in [6.45, 7) is 12.3. The molecule has 0 aliphatic carbocycles. The van der Waals surface area contributed by atoms with Crippen LogP contribution >= 0.6 is 0 Å². The van der Waals surface area contributed by atoms with Gasteiger partial charge in [0.1, 0.15) is 11.5 Å². The lowest BCUT2D eigenvalue weighted by molar-refractivity contribution is 0.339. The molecule has 0 aliphatic heterocycles. The number of hydrogen-bond donors (Lipinski definition) is 0. The van der Waals surface area contributed by atoms with Gasteiger partial charge in [-0.05, 0) is 61.1 Å². The summed E-state index contributed by atoms with van der Waals surface area (Å²) in [6.07, 6.45) is 1.09. The third kappa shape index (κ3) is 5.30. The zero-order chi connectivity index (χ0) is 17.6. The van der Waals surface area contributed by atoms with Gasteiger partial charge in [-0.2, -0.15) is 0 Å². The normalized spacial score (nSPS) is 11.6. The van der Waals surface area contributed by atoms with Gasteiger partial charge in [0, 0.05) is 5.92 Å². The molecule has 2 aromatic rings. The summed E-state index contributed by atoms with van der Waals surface area (Å²) in [5, 5.41) is 0. The highest BCUT2D eigenvalue weighted by molar-refractivity contribution is 5.38. The molecule has 0 N–H and O–H groups in total. The number of hydrogen-bond acceptors (Lipinski definition) is 2. The number of ether oxygens (including phenoxy) is 2. The Balaban J connectivity index is 2.30. The molecule has 0 fully saturated rings. The van der Waals surface area contributed by atoms with Crippen LogP contribution in [0.2, 0.25) is 0 Å². The number of rotatable bonds is 7. The molecule has 130 valence electrons. The summed E-state index contributed by atoms with van der Waals surface area (Å²) in [5.41, 5.74) is 2.91. The molecular formula is C22H30O2. The van der Waals surface area contributed by atoms with Gasteiger partial charge < -0.3 is 9.47 Å². The average Bonchev–Trinajstić information content (AvgIpc) is 2.54. The molecule has 0 amide bonds. The van der Waals surface area contributed by atoms with Crippen LogP contribution in [0.4, 0.5) is 0 Å². The zero-order valence-electron chi connectivity index (χ0n) is 15.6. The van der Waals surface area contributed by atoms with Gasteiger partial charge in [-0.15, -0.1) is 0 Å². The molecular weight excluding hydrogens is 296 g/mol. The number of benzene rings is 2. The third-order valence-corrected chi connectivity index (χ3v) is 4.00. The minimum atomic E-state index is 0.252. The van der Waals surface area contributed by atoms with Crippen molar-refractivity contribution in [3.05, 3.63) is 59.7 Å². The highest BCUT2D eigenvalue weighted by Crippen LogP contribution is 2.37. The Morgan fingerprint density at radius 2 is 1.08 bits per heavy atom. The summed E-state index contributed by atoms with van der Waals surface area (Å²) in [5.74, 6) is 2.24. The lowest BCUT2D eigenvalue weighted by Crippen LogP contribution is -2.13. The van der Waals surface area contributed by atoms with Crippen LogP contribution in [0.25, 0.3) is 0 Å². The molecule has 2 nitrogen and oxygen atoms in total. The van der Waals surface area contributed by atoms with Crippen LogP contribution in [0.15, 0.2) is 48.5 Å². The molecule has 0 atom stereocenters. The van der Waals surface area contributed by atoms with Gasteiger partial charge in [0.25, 0.3) is 0 Å². The fourth-order valence-electron chi connectivity index (χ4n) is 2.97. The predicted molar refractivity (Wildman–Crippen MR) is 101 cm³/mol. The molecule has 0 unspecified atom stereocenters. The van der Waals surface area contributed by atoms with Crippen LogP contribution in [-0.4, -0.2) is 13.2 Å². The van der Waals surface area contributed by atoms with Crippen molar-refractivity contribution in [1.82, 2.24) is 0 Å². The third-order valence-electron chi connectivity index (χ3n) is 4.00. The quantitative estimate of drug-likeness (QED) is 0.616. The van der Waals surface area contributed by atoms with Crippen LogP contribution in [-0.2, 0) is 0 Å². The van der Waals surface area contributed by atoms with Gasteiger partial charge in [-0.25, -0.2) is 0 Å². The summed E-state index contributed by atoms with van der Waals surface area (Å²) < 4.78 is 11.1. The minimum absolute atomic E-state index is 0.252. The van der Waals surface area contributed by atoms with Crippen molar-refractivity contribution in [1.29, 1.82) is 0 Å². The van der Waals surface area contributed by atoms with Crippen molar-refractivity contribution in [3.8, 4) is 11.5 Å². The van der Waals surface area contributed by atoms with Gasteiger partial charge in [-0.1, -0.05) is 45.0 Å². The molecule has 0 bridgehead atoms. The maximum Gasteiger partial charge on any atom is 0.119 e. The summed E-state index contributed by atoms with van der Waals surface area (Å²) in [7, 11) is 0. The molecule has 2 rings (SSSR count). The lowest BCUT2D eigenvalue weighted by atomic mass is 9.78. The zero-order valence-corrected chi connectivity index (χ0v) is 15.6. The molecule has 2 heteroatoms. The maximum absolute atomic E-state index is 5.57. The van der Waals surface area contributed by atoms with Gasteiger partial charge >= 0.3 is 0 Å². The molecule has 0 saturated carbocycles. The van der Waals surface area contributed by atoms with Crippen LogP contribution in [0.5, 0.6) is 11.5 Å².